The van der Waals surface area contributed by atoms with E-state index in [2.05, 4.69) is 47.6 Å². The summed E-state index contributed by atoms with van der Waals surface area (Å²) in [5.41, 5.74) is 5.63. The smallest absolute Gasteiger partial charge is 0.193 e. The average Bonchev–Trinajstić information content (AvgIpc) is 2.87. The lowest BCUT2D eigenvalue weighted by atomic mass is 10.1. The lowest BCUT2D eigenvalue weighted by molar-refractivity contribution is 0.901. The highest BCUT2D eigenvalue weighted by Gasteiger charge is 2.16. The van der Waals surface area contributed by atoms with Crippen LogP contribution in [-0.2, 0) is 6.54 Å². The zero-order chi connectivity index (χ0) is 23.5. The van der Waals surface area contributed by atoms with Crippen molar-refractivity contribution < 1.29 is 0 Å². The molecule has 0 saturated carbocycles. The van der Waals surface area contributed by atoms with Crippen molar-refractivity contribution >= 4 is 22.5 Å². The topological polar surface area (TPSA) is 50.2 Å². The normalized spacial score (nSPS) is 13.1. The minimum Gasteiger partial charge on any atom is -0.370 e. The van der Waals surface area contributed by atoms with Gasteiger partial charge >= 0.3 is 0 Å². The Morgan fingerprint density at radius 3 is 2.44 bits per heavy atom. The fraction of sp³-hybridized carbons (Fsp3) is 0.172. The van der Waals surface area contributed by atoms with Crippen molar-refractivity contribution in [3.05, 3.63) is 118 Å². The van der Waals surface area contributed by atoms with Crippen LogP contribution in [0.15, 0.2) is 102 Å². The van der Waals surface area contributed by atoms with Crippen molar-refractivity contribution in [3.8, 4) is 5.69 Å². The summed E-state index contributed by atoms with van der Waals surface area (Å²) in [7, 11) is 2.06. The average molecular weight is 449 g/mol. The predicted molar refractivity (Wildman–Crippen MR) is 141 cm³/mol. The van der Waals surface area contributed by atoms with E-state index in [1.807, 2.05) is 66.1 Å². The van der Waals surface area contributed by atoms with Crippen molar-refractivity contribution in [2.24, 2.45) is 0 Å². The van der Waals surface area contributed by atoms with Crippen molar-refractivity contribution in [2.45, 2.75) is 26.3 Å². The predicted octanol–water partition coefficient (Wildman–Crippen LogP) is 5.98. The van der Waals surface area contributed by atoms with E-state index < -0.39 is 0 Å². The molecule has 5 rings (SSSR count). The first-order chi connectivity index (χ1) is 16.6. The van der Waals surface area contributed by atoms with E-state index in [9.17, 15) is 4.79 Å². The molecule has 5 nitrogen and oxygen atoms in total. The first kappa shape index (κ1) is 21.7. The summed E-state index contributed by atoms with van der Waals surface area (Å²) in [5.74, 6) is 0.711. The quantitative estimate of drug-likeness (QED) is 0.394. The molecule has 0 saturated heterocycles. The number of allylic oxidation sites excluding steroid dienone is 3. The number of hydrogen-bond donors (Lipinski definition) is 1. The van der Waals surface area contributed by atoms with Gasteiger partial charge in [-0.05, 0) is 61.7 Å². The molecule has 2 heterocycles. The molecule has 0 fully saturated rings. The van der Waals surface area contributed by atoms with Gasteiger partial charge in [0.2, 0.25) is 0 Å². The Labute approximate surface area is 199 Å². The van der Waals surface area contributed by atoms with Crippen LogP contribution in [-0.4, -0.2) is 16.6 Å². The van der Waals surface area contributed by atoms with Crippen LogP contribution in [0.25, 0.3) is 16.7 Å². The minimum atomic E-state index is -0.0406. The number of hydrogen-bond acceptors (Lipinski definition) is 4. The minimum absolute atomic E-state index is 0.0406. The number of nitrogens with one attached hydrogen (secondary N) is 1. The number of nitrogens with zero attached hydrogens (tertiary/aromatic N) is 3. The second-order valence-corrected chi connectivity index (χ2v) is 8.62. The Morgan fingerprint density at radius 2 is 1.74 bits per heavy atom. The van der Waals surface area contributed by atoms with Gasteiger partial charge in [-0.3, -0.25) is 9.36 Å². The number of aryl methyl sites for hydroxylation is 1. The molecule has 0 unspecified atom stereocenters. The summed E-state index contributed by atoms with van der Waals surface area (Å²) < 4.78 is 2.04. The number of rotatable bonds is 6. The highest BCUT2D eigenvalue weighted by molar-refractivity contribution is 5.81. The zero-order valence-corrected chi connectivity index (χ0v) is 19.5. The maximum Gasteiger partial charge on any atom is 0.193 e. The molecule has 5 heteroatoms. The molecule has 0 spiro atoms. The fourth-order valence-electron chi connectivity index (χ4n) is 4.34. The molecular weight excluding hydrogens is 420 g/mol. The van der Waals surface area contributed by atoms with E-state index in [1.165, 1.54) is 0 Å². The third-order valence-electron chi connectivity index (χ3n) is 6.17. The highest BCUT2D eigenvalue weighted by Crippen LogP contribution is 2.26. The molecule has 4 aromatic rings. The van der Waals surface area contributed by atoms with E-state index in [0.717, 1.165) is 41.2 Å². The van der Waals surface area contributed by atoms with Gasteiger partial charge in [-0.15, -0.1) is 0 Å². The summed E-state index contributed by atoms with van der Waals surface area (Å²) in [6, 6.07) is 24.0. The Hall–Kier alpha value is -4.12. The van der Waals surface area contributed by atoms with Crippen molar-refractivity contribution in [1.82, 2.24) is 9.55 Å². The summed E-state index contributed by atoms with van der Waals surface area (Å²) in [4.78, 5) is 20.4. The Kier molecular flexibility index (Phi) is 6.00. The van der Waals surface area contributed by atoms with Crippen LogP contribution in [0.5, 0.6) is 0 Å². The van der Waals surface area contributed by atoms with Crippen molar-refractivity contribution in [1.29, 1.82) is 0 Å². The first-order valence-electron chi connectivity index (χ1n) is 11.6. The second kappa shape index (κ2) is 9.40. The van der Waals surface area contributed by atoms with E-state index in [0.29, 0.717) is 23.4 Å². The molecule has 0 atom stereocenters. The van der Waals surface area contributed by atoms with E-state index in [1.54, 1.807) is 6.07 Å². The molecule has 34 heavy (non-hydrogen) atoms. The Bertz CT molecular complexity index is 1440. The number of anilines is 2. The third kappa shape index (κ3) is 4.37. The largest absolute Gasteiger partial charge is 0.370 e. The molecule has 0 bridgehead atoms. The van der Waals surface area contributed by atoms with Gasteiger partial charge in [-0.25, -0.2) is 4.98 Å². The number of pyridine rings is 2. The number of benzene rings is 2. The van der Waals surface area contributed by atoms with Crippen LogP contribution in [0.1, 0.15) is 24.1 Å². The van der Waals surface area contributed by atoms with Crippen molar-refractivity contribution in [2.75, 3.05) is 17.3 Å². The van der Waals surface area contributed by atoms with Gasteiger partial charge in [-0.2, -0.15) is 0 Å². The molecule has 0 amide bonds. The van der Waals surface area contributed by atoms with E-state index >= 15 is 0 Å². The summed E-state index contributed by atoms with van der Waals surface area (Å²) in [6.45, 7) is 2.68. The molecule has 1 aliphatic rings. The Morgan fingerprint density at radius 1 is 1.00 bits per heavy atom. The van der Waals surface area contributed by atoms with Gasteiger partial charge in [0.05, 0.1) is 5.39 Å². The molecule has 0 radical (unpaired) electrons. The molecule has 0 aliphatic heterocycles. The van der Waals surface area contributed by atoms with Gasteiger partial charge < -0.3 is 10.2 Å². The molecule has 2 aromatic heterocycles. The number of fused-ring (bicyclic) bond motifs is 1. The first-order valence-corrected chi connectivity index (χ1v) is 11.6. The molecule has 170 valence electrons. The number of aromatic nitrogens is 2. The highest BCUT2D eigenvalue weighted by atomic mass is 16.1. The maximum atomic E-state index is 13.3. The van der Waals surface area contributed by atoms with Crippen LogP contribution in [0.2, 0.25) is 0 Å². The molecular formula is C29H28N4O. The van der Waals surface area contributed by atoms with Crippen LogP contribution in [0.4, 0.5) is 11.5 Å². The van der Waals surface area contributed by atoms with Crippen LogP contribution in [0.3, 0.4) is 0 Å². The van der Waals surface area contributed by atoms with Crippen molar-refractivity contribution in [3.63, 3.8) is 0 Å². The Balaban J connectivity index is 1.64. The maximum absolute atomic E-state index is 13.3. The monoisotopic (exact) mass is 448 g/mol. The van der Waals surface area contributed by atoms with Gasteiger partial charge in [-0.1, -0.05) is 48.6 Å². The second-order valence-electron chi connectivity index (χ2n) is 8.62. The molecule has 2 aromatic carbocycles. The van der Waals surface area contributed by atoms with Gasteiger partial charge in [0.25, 0.3) is 0 Å². The zero-order valence-electron chi connectivity index (χ0n) is 19.5. The lowest BCUT2D eigenvalue weighted by Gasteiger charge is -2.22. The molecule has 1 N–H and O–H groups in total. The van der Waals surface area contributed by atoms with Crippen LogP contribution < -0.4 is 15.6 Å². The summed E-state index contributed by atoms with van der Waals surface area (Å²) in [6.07, 6.45) is 8.39. The van der Waals surface area contributed by atoms with Crippen LogP contribution >= 0.6 is 0 Å². The van der Waals surface area contributed by atoms with E-state index in [4.69, 9.17) is 4.98 Å². The third-order valence-corrected chi connectivity index (χ3v) is 6.17. The lowest BCUT2D eigenvalue weighted by Crippen LogP contribution is -2.19. The molecule has 1 aliphatic carbocycles. The summed E-state index contributed by atoms with van der Waals surface area (Å²) >= 11 is 0. The fourth-order valence-corrected chi connectivity index (χ4v) is 4.34. The number of para-hydroxylation sites is 2. The van der Waals surface area contributed by atoms with Gasteiger partial charge in [0, 0.05) is 42.4 Å². The summed E-state index contributed by atoms with van der Waals surface area (Å²) in [5, 5.41) is 4.07. The van der Waals surface area contributed by atoms with Crippen LogP contribution in [0, 0.1) is 6.92 Å². The van der Waals surface area contributed by atoms with Gasteiger partial charge in [0.1, 0.15) is 11.5 Å². The standard InChI is InChI=1S/C29H28N4O/c1-21-22(20-32(2)24-14-8-4-9-15-24)18-26-27(34)19-28(31-23-12-6-3-7-13-23)33(29(26)30-21)25-16-10-5-11-17-25/h4-6,8-19,31H,3,7,20H2,1-2H3. The van der Waals surface area contributed by atoms with E-state index in [-0.39, 0.29) is 5.43 Å². The SMILES string of the molecule is Cc1nc2c(cc1CN(C)c1ccccc1)c(=O)cc(NC1=CCCC=C1)n2-c1ccccc1. The van der Waals surface area contributed by atoms with Gasteiger partial charge in [0.15, 0.2) is 5.43 Å².